The fourth-order valence-electron chi connectivity index (χ4n) is 1.43. The van der Waals surface area contributed by atoms with Crippen LogP contribution in [-0.2, 0) is 9.53 Å². The van der Waals surface area contributed by atoms with Crippen molar-refractivity contribution in [2.75, 3.05) is 38.6 Å². The Labute approximate surface area is 101 Å². The van der Waals surface area contributed by atoms with Gasteiger partial charge in [0.25, 0.3) is 0 Å². The number of rotatable bonds is 4. The Morgan fingerprint density at radius 3 is 2.60 bits per heavy atom. The van der Waals surface area contributed by atoms with Crippen LogP contribution in [0, 0.1) is 0 Å². The fraction of sp³-hybridized carbons (Fsp3) is 0.889. The average Bonchev–Trinajstić information content (AvgIpc) is 2.26. The average molecular weight is 255 g/mol. The lowest BCUT2D eigenvalue weighted by atomic mass is 10.3. The molecule has 1 heterocycles. The van der Waals surface area contributed by atoms with Crippen molar-refractivity contribution in [2.45, 2.75) is 12.2 Å². The van der Waals surface area contributed by atoms with Crippen LogP contribution in [0.3, 0.4) is 0 Å². The second kappa shape index (κ2) is 8.21. The molecule has 0 aromatic heterocycles. The van der Waals surface area contributed by atoms with Gasteiger partial charge in [-0.25, -0.2) is 0 Å². The summed E-state index contributed by atoms with van der Waals surface area (Å²) in [5, 5.41) is -0.0712. The van der Waals surface area contributed by atoms with E-state index in [1.165, 1.54) is 0 Å². The molecule has 1 aliphatic heterocycles. The summed E-state index contributed by atoms with van der Waals surface area (Å²) in [7, 11) is 0. The van der Waals surface area contributed by atoms with Gasteiger partial charge in [-0.2, -0.15) is 0 Å². The number of thioether (sulfide) groups is 1. The van der Waals surface area contributed by atoms with Crippen LogP contribution in [0.1, 0.15) is 6.92 Å². The maximum absolute atomic E-state index is 11.9. The number of ether oxygens (including phenoxy) is 1. The topological polar surface area (TPSA) is 55.6 Å². The van der Waals surface area contributed by atoms with Crippen LogP contribution < -0.4 is 5.73 Å². The number of amides is 1. The first-order chi connectivity index (χ1) is 6.79. The predicted molar refractivity (Wildman–Crippen MR) is 65.6 cm³/mol. The Balaban J connectivity index is 0.00000196. The standard InChI is InChI=1S/C9H18N2O2S.ClH/c1-2-14-8(7-10)9(12)11-3-5-13-6-4-11;/h8H,2-7,10H2,1H3;1H. The summed E-state index contributed by atoms with van der Waals surface area (Å²) in [5.41, 5.74) is 5.57. The summed E-state index contributed by atoms with van der Waals surface area (Å²) >= 11 is 1.62. The molecule has 0 bridgehead atoms. The Hall–Kier alpha value is 0.0300. The molecule has 1 amide bonds. The lowest BCUT2D eigenvalue weighted by molar-refractivity contribution is -0.134. The molecule has 0 aliphatic carbocycles. The van der Waals surface area contributed by atoms with Crippen molar-refractivity contribution in [2.24, 2.45) is 5.73 Å². The third kappa shape index (κ3) is 4.59. The highest BCUT2D eigenvalue weighted by molar-refractivity contribution is 8.00. The first-order valence-electron chi connectivity index (χ1n) is 4.97. The summed E-state index contributed by atoms with van der Waals surface area (Å²) in [6.45, 7) is 5.19. The van der Waals surface area contributed by atoms with Gasteiger partial charge in [0.05, 0.1) is 18.5 Å². The molecule has 1 atom stereocenters. The van der Waals surface area contributed by atoms with Crippen LogP contribution in [0.25, 0.3) is 0 Å². The zero-order valence-electron chi connectivity index (χ0n) is 8.98. The minimum absolute atomic E-state index is 0. The number of halogens is 1. The Bertz CT molecular complexity index is 182. The molecule has 4 nitrogen and oxygen atoms in total. The second-order valence-electron chi connectivity index (χ2n) is 3.12. The van der Waals surface area contributed by atoms with E-state index < -0.39 is 0 Å². The normalized spacial score (nSPS) is 18.1. The van der Waals surface area contributed by atoms with Gasteiger partial charge in [-0.3, -0.25) is 4.79 Å². The summed E-state index contributed by atoms with van der Waals surface area (Å²) in [6.07, 6.45) is 0. The Morgan fingerprint density at radius 2 is 2.13 bits per heavy atom. The molecule has 2 N–H and O–H groups in total. The number of nitrogens with zero attached hydrogens (tertiary/aromatic N) is 1. The molecule has 1 saturated heterocycles. The molecule has 6 heteroatoms. The Kier molecular flexibility index (Phi) is 8.23. The molecular weight excluding hydrogens is 236 g/mol. The maximum Gasteiger partial charge on any atom is 0.237 e. The SMILES string of the molecule is CCSC(CN)C(=O)N1CCOCC1.Cl. The van der Waals surface area contributed by atoms with Gasteiger partial charge in [0, 0.05) is 19.6 Å². The quantitative estimate of drug-likeness (QED) is 0.787. The monoisotopic (exact) mass is 254 g/mol. The molecule has 0 radical (unpaired) electrons. The van der Waals surface area contributed by atoms with E-state index in [-0.39, 0.29) is 23.6 Å². The van der Waals surface area contributed by atoms with Crippen molar-refractivity contribution in [3.8, 4) is 0 Å². The Morgan fingerprint density at radius 1 is 1.53 bits per heavy atom. The van der Waals surface area contributed by atoms with E-state index in [0.717, 1.165) is 5.75 Å². The summed E-state index contributed by atoms with van der Waals surface area (Å²) < 4.78 is 5.19. The molecule has 0 aromatic rings. The number of carbonyl (C=O) groups excluding carboxylic acids is 1. The first kappa shape index (κ1) is 15.0. The van der Waals surface area contributed by atoms with Crippen LogP contribution in [0.4, 0.5) is 0 Å². The molecule has 1 aliphatic rings. The molecule has 1 rings (SSSR count). The summed E-state index contributed by atoms with van der Waals surface area (Å²) in [4.78, 5) is 13.7. The van der Waals surface area contributed by atoms with Gasteiger partial charge in [-0.15, -0.1) is 24.2 Å². The van der Waals surface area contributed by atoms with Crippen molar-refractivity contribution in [1.82, 2.24) is 4.90 Å². The number of carbonyl (C=O) groups is 1. The highest BCUT2D eigenvalue weighted by Crippen LogP contribution is 2.13. The zero-order valence-corrected chi connectivity index (χ0v) is 10.6. The van der Waals surface area contributed by atoms with Crippen LogP contribution in [-0.4, -0.2) is 54.7 Å². The van der Waals surface area contributed by atoms with Gasteiger partial charge in [-0.05, 0) is 5.75 Å². The van der Waals surface area contributed by atoms with E-state index >= 15 is 0 Å². The second-order valence-corrected chi connectivity index (χ2v) is 4.60. The smallest absolute Gasteiger partial charge is 0.237 e. The van der Waals surface area contributed by atoms with Crippen molar-refractivity contribution < 1.29 is 9.53 Å². The van der Waals surface area contributed by atoms with Crippen LogP contribution in [0.5, 0.6) is 0 Å². The largest absolute Gasteiger partial charge is 0.378 e. The van der Waals surface area contributed by atoms with Crippen molar-refractivity contribution in [3.05, 3.63) is 0 Å². The summed E-state index contributed by atoms with van der Waals surface area (Å²) in [6, 6.07) is 0. The van der Waals surface area contributed by atoms with Gasteiger partial charge >= 0.3 is 0 Å². The predicted octanol–water partition coefficient (Wildman–Crippen LogP) is 0.347. The van der Waals surface area contributed by atoms with Gasteiger partial charge in [0.1, 0.15) is 0 Å². The van der Waals surface area contributed by atoms with Crippen LogP contribution in [0.15, 0.2) is 0 Å². The minimum Gasteiger partial charge on any atom is -0.378 e. The van der Waals surface area contributed by atoms with Gasteiger partial charge < -0.3 is 15.4 Å². The highest BCUT2D eigenvalue weighted by atomic mass is 35.5. The van der Waals surface area contributed by atoms with Crippen LogP contribution >= 0.6 is 24.2 Å². The van der Waals surface area contributed by atoms with E-state index in [1.54, 1.807) is 11.8 Å². The van der Waals surface area contributed by atoms with Crippen molar-refractivity contribution >= 4 is 30.1 Å². The van der Waals surface area contributed by atoms with E-state index in [0.29, 0.717) is 32.8 Å². The van der Waals surface area contributed by atoms with Crippen molar-refractivity contribution in [1.29, 1.82) is 0 Å². The molecule has 1 unspecified atom stereocenters. The number of hydrogen-bond acceptors (Lipinski definition) is 4. The van der Waals surface area contributed by atoms with Crippen molar-refractivity contribution in [3.63, 3.8) is 0 Å². The molecule has 0 saturated carbocycles. The zero-order chi connectivity index (χ0) is 10.4. The fourth-order valence-corrected chi connectivity index (χ4v) is 2.26. The minimum atomic E-state index is -0.0712. The van der Waals surface area contributed by atoms with Gasteiger partial charge in [-0.1, -0.05) is 6.92 Å². The number of nitrogens with two attached hydrogens (primary N) is 1. The molecule has 0 aromatic carbocycles. The van der Waals surface area contributed by atoms with Crippen LogP contribution in [0.2, 0.25) is 0 Å². The lowest BCUT2D eigenvalue weighted by Gasteiger charge is -2.29. The molecule has 15 heavy (non-hydrogen) atoms. The molecular formula is C9H19ClN2O2S. The molecule has 0 spiro atoms. The van der Waals surface area contributed by atoms with E-state index in [4.69, 9.17) is 10.5 Å². The third-order valence-corrected chi connectivity index (χ3v) is 3.31. The maximum atomic E-state index is 11.9. The summed E-state index contributed by atoms with van der Waals surface area (Å²) in [5.74, 6) is 1.10. The number of morpholine rings is 1. The highest BCUT2D eigenvalue weighted by Gasteiger charge is 2.24. The van der Waals surface area contributed by atoms with E-state index in [1.807, 2.05) is 11.8 Å². The first-order valence-corrected chi connectivity index (χ1v) is 6.02. The van der Waals surface area contributed by atoms with Gasteiger partial charge in [0.15, 0.2) is 0 Å². The van der Waals surface area contributed by atoms with E-state index in [2.05, 4.69) is 0 Å². The van der Waals surface area contributed by atoms with Gasteiger partial charge in [0.2, 0.25) is 5.91 Å². The lowest BCUT2D eigenvalue weighted by Crippen LogP contribution is -2.46. The molecule has 90 valence electrons. The van der Waals surface area contributed by atoms with E-state index in [9.17, 15) is 4.79 Å². The third-order valence-electron chi connectivity index (χ3n) is 2.18. The molecule has 1 fully saturated rings. The number of hydrogen-bond donors (Lipinski definition) is 1.